The Labute approximate surface area is 89.2 Å². The summed E-state index contributed by atoms with van der Waals surface area (Å²) in [6.45, 7) is 2.46. The molecule has 1 aliphatic rings. The van der Waals surface area contributed by atoms with Crippen LogP contribution in [0, 0.1) is 0 Å². The van der Waals surface area contributed by atoms with Crippen LogP contribution in [0.15, 0.2) is 18.2 Å². The van der Waals surface area contributed by atoms with E-state index < -0.39 is 0 Å². The van der Waals surface area contributed by atoms with E-state index in [1.807, 2.05) is 24.2 Å². The second kappa shape index (κ2) is 3.90. The number of fused-ring (bicyclic) bond motifs is 1. The summed E-state index contributed by atoms with van der Waals surface area (Å²) >= 11 is 0. The van der Waals surface area contributed by atoms with Crippen LogP contribution in [0.2, 0.25) is 0 Å². The molecule has 0 saturated carbocycles. The van der Waals surface area contributed by atoms with E-state index in [4.69, 9.17) is 0 Å². The van der Waals surface area contributed by atoms with Crippen molar-refractivity contribution < 1.29 is 4.79 Å². The molecular weight excluding hydrogens is 190 g/mol. The molecule has 0 bridgehead atoms. The van der Waals surface area contributed by atoms with Gasteiger partial charge in [0, 0.05) is 20.5 Å². The van der Waals surface area contributed by atoms with Crippen molar-refractivity contribution >= 4 is 17.3 Å². The van der Waals surface area contributed by atoms with Crippen LogP contribution in [0.4, 0.5) is 11.4 Å². The van der Waals surface area contributed by atoms with Crippen molar-refractivity contribution in [3.8, 4) is 0 Å². The highest BCUT2D eigenvalue weighted by Crippen LogP contribution is 2.30. The van der Waals surface area contributed by atoms with Gasteiger partial charge in [0.1, 0.15) is 0 Å². The summed E-state index contributed by atoms with van der Waals surface area (Å²) in [5, 5.41) is 4.81. The molecule has 0 radical (unpaired) electrons. The van der Waals surface area contributed by atoms with Crippen LogP contribution >= 0.6 is 0 Å². The van der Waals surface area contributed by atoms with E-state index in [1.54, 1.807) is 0 Å². The number of nitrogens with zero attached hydrogens (tertiary/aromatic N) is 1. The monoisotopic (exact) mass is 205 g/mol. The van der Waals surface area contributed by atoms with Crippen LogP contribution in [0.1, 0.15) is 12.5 Å². The summed E-state index contributed by atoms with van der Waals surface area (Å²) in [7, 11) is 1.96. The van der Waals surface area contributed by atoms with Crippen LogP contribution < -0.4 is 15.8 Å². The lowest BCUT2D eigenvalue weighted by Crippen LogP contribution is -2.40. The molecule has 0 saturated heterocycles. The van der Waals surface area contributed by atoms with Gasteiger partial charge in [-0.15, -0.1) is 0 Å². The van der Waals surface area contributed by atoms with Crippen LogP contribution in [-0.4, -0.2) is 19.5 Å². The van der Waals surface area contributed by atoms with Crippen molar-refractivity contribution in [2.75, 3.05) is 23.9 Å². The fourth-order valence-corrected chi connectivity index (χ4v) is 1.92. The van der Waals surface area contributed by atoms with Gasteiger partial charge in [-0.3, -0.25) is 4.79 Å². The highest BCUT2D eigenvalue weighted by Gasteiger charge is 2.16. The van der Waals surface area contributed by atoms with E-state index >= 15 is 0 Å². The van der Waals surface area contributed by atoms with E-state index in [0.29, 0.717) is 0 Å². The summed E-state index contributed by atoms with van der Waals surface area (Å²) in [6.07, 6.45) is 0.993. The maximum atomic E-state index is 11.1. The van der Waals surface area contributed by atoms with E-state index in [-0.39, 0.29) is 5.91 Å². The van der Waals surface area contributed by atoms with Crippen molar-refractivity contribution in [1.82, 2.24) is 5.43 Å². The third-order valence-electron chi connectivity index (χ3n) is 2.51. The van der Waals surface area contributed by atoms with Gasteiger partial charge in [0.2, 0.25) is 5.91 Å². The lowest BCUT2D eigenvalue weighted by atomic mass is 10.1. The molecule has 80 valence electrons. The first-order chi connectivity index (χ1) is 7.18. The largest absolute Gasteiger partial charge is 0.324 e. The Morgan fingerprint density at radius 1 is 1.53 bits per heavy atom. The minimum absolute atomic E-state index is 0.0395. The minimum Gasteiger partial charge on any atom is -0.324 e. The molecule has 1 heterocycles. The van der Waals surface area contributed by atoms with Gasteiger partial charge in [0.25, 0.3) is 0 Å². The maximum Gasteiger partial charge on any atom is 0.221 e. The lowest BCUT2D eigenvalue weighted by molar-refractivity contribution is -0.114. The molecule has 1 aromatic rings. The van der Waals surface area contributed by atoms with Gasteiger partial charge in [-0.2, -0.15) is 0 Å². The third kappa shape index (κ3) is 1.94. The van der Waals surface area contributed by atoms with Crippen molar-refractivity contribution in [3.63, 3.8) is 0 Å². The number of nitrogens with one attached hydrogen (secondary N) is 2. The molecule has 0 aliphatic carbocycles. The summed E-state index contributed by atoms with van der Waals surface area (Å²) in [5.74, 6) is -0.0395. The Balaban J connectivity index is 2.42. The number of carbonyl (C=O) groups is 1. The van der Waals surface area contributed by atoms with Gasteiger partial charge < -0.3 is 10.3 Å². The lowest BCUT2D eigenvalue weighted by Gasteiger charge is -2.30. The molecule has 0 spiro atoms. The molecule has 2 N–H and O–H groups in total. The van der Waals surface area contributed by atoms with Crippen molar-refractivity contribution in [3.05, 3.63) is 23.8 Å². The van der Waals surface area contributed by atoms with Crippen LogP contribution in [0.25, 0.3) is 0 Å². The summed E-state index contributed by atoms with van der Waals surface area (Å²) < 4.78 is 0. The van der Waals surface area contributed by atoms with Gasteiger partial charge in [0.15, 0.2) is 0 Å². The van der Waals surface area contributed by atoms with Crippen LogP contribution in [0.3, 0.4) is 0 Å². The number of amides is 1. The normalized spacial score (nSPS) is 14.7. The number of hydrogen-bond donors (Lipinski definition) is 2. The van der Waals surface area contributed by atoms with E-state index in [1.165, 1.54) is 12.5 Å². The van der Waals surface area contributed by atoms with Crippen molar-refractivity contribution in [2.45, 2.75) is 13.3 Å². The van der Waals surface area contributed by atoms with E-state index in [0.717, 1.165) is 24.3 Å². The predicted molar refractivity (Wildman–Crippen MR) is 60.9 cm³/mol. The van der Waals surface area contributed by atoms with Crippen LogP contribution in [0.5, 0.6) is 0 Å². The molecular formula is C11H15N3O. The maximum absolute atomic E-state index is 11.1. The Hall–Kier alpha value is -1.55. The number of carbonyl (C=O) groups excluding carboxylic acids is 1. The SMILES string of the molecule is CC(=O)Nc1cccc2c1N(C)NCC2. The zero-order valence-corrected chi connectivity index (χ0v) is 9.00. The molecule has 15 heavy (non-hydrogen) atoms. The Morgan fingerprint density at radius 3 is 3.07 bits per heavy atom. The summed E-state index contributed by atoms with van der Waals surface area (Å²) in [5.41, 5.74) is 6.44. The Morgan fingerprint density at radius 2 is 2.33 bits per heavy atom. The molecule has 2 rings (SSSR count). The number of para-hydroxylation sites is 1. The molecule has 1 aliphatic heterocycles. The highest BCUT2D eigenvalue weighted by molar-refractivity contribution is 5.93. The second-order valence-corrected chi connectivity index (χ2v) is 3.71. The van der Waals surface area contributed by atoms with E-state index in [9.17, 15) is 4.79 Å². The van der Waals surface area contributed by atoms with Crippen LogP contribution in [-0.2, 0) is 11.2 Å². The minimum atomic E-state index is -0.0395. The van der Waals surface area contributed by atoms with Gasteiger partial charge in [-0.05, 0) is 18.1 Å². The first-order valence-electron chi connectivity index (χ1n) is 5.05. The molecule has 0 atom stereocenters. The molecule has 1 aromatic carbocycles. The van der Waals surface area contributed by atoms with Crippen molar-refractivity contribution in [1.29, 1.82) is 0 Å². The topological polar surface area (TPSA) is 44.4 Å². The Kier molecular flexibility index (Phi) is 2.60. The van der Waals surface area contributed by atoms with Gasteiger partial charge >= 0.3 is 0 Å². The fraction of sp³-hybridized carbons (Fsp3) is 0.364. The molecule has 0 aromatic heterocycles. The average molecular weight is 205 g/mol. The quantitative estimate of drug-likeness (QED) is 0.722. The predicted octanol–water partition coefficient (Wildman–Crippen LogP) is 1.14. The Bertz CT molecular complexity index is 389. The number of rotatable bonds is 1. The first kappa shape index (κ1) is 9.98. The average Bonchev–Trinajstić information content (AvgIpc) is 2.17. The zero-order chi connectivity index (χ0) is 10.8. The highest BCUT2D eigenvalue weighted by atomic mass is 16.1. The molecule has 0 fully saturated rings. The first-order valence-corrected chi connectivity index (χ1v) is 5.05. The number of hydrogen-bond acceptors (Lipinski definition) is 3. The number of benzene rings is 1. The van der Waals surface area contributed by atoms with Gasteiger partial charge in [-0.25, -0.2) is 5.43 Å². The number of hydrazine groups is 1. The standard InChI is InChI=1S/C11H15N3O/c1-8(15)13-10-5-3-4-9-6-7-12-14(2)11(9)10/h3-5,12H,6-7H2,1-2H3,(H,13,15). The third-order valence-corrected chi connectivity index (χ3v) is 2.51. The van der Waals surface area contributed by atoms with Gasteiger partial charge in [-0.1, -0.05) is 12.1 Å². The summed E-state index contributed by atoms with van der Waals surface area (Å²) in [6, 6.07) is 5.99. The fourth-order valence-electron chi connectivity index (χ4n) is 1.92. The van der Waals surface area contributed by atoms with E-state index in [2.05, 4.69) is 16.8 Å². The summed E-state index contributed by atoms with van der Waals surface area (Å²) in [4.78, 5) is 11.1. The molecule has 4 heteroatoms. The van der Waals surface area contributed by atoms with Gasteiger partial charge in [0.05, 0.1) is 11.4 Å². The molecule has 1 amide bonds. The smallest absolute Gasteiger partial charge is 0.221 e. The zero-order valence-electron chi connectivity index (χ0n) is 9.00. The second-order valence-electron chi connectivity index (χ2n) is 3.71. The molecule has 0 unspecified atom stereocenters. The number of anilines is 2. The molecule has 4 nitrogen and oxygen atoms in total. The van der Waals surface area contributed by atoms with Crippen molar-refractivity contribution in [2.24, 2.45) is 0 Å².